The maximum atomic E-state index is 3.83. The second-order valence-corrected chi connectivity index (χ2v) is 1.82. The van der Waals surface area contributed by atoms with Gasteiger partial charge in [-0.25, -0.2) is 0 Å². The maximum absolute atomic E-state index is 3.83. The topological polar surface area (TPSA) is 25.8 Å². The van der Waals surface area contributed by atoms with Crippen LogP contribution in [0, 0.1) is 13.8 Å². The third kappa shape index (κ3) is 23.2. The Morgan fingerprint density at radius 2 is 0.750 bits per heavy atom. The van der Waals surface area contributed by atoms with Crippen molar-refractivity contribution in [1.29, 1.82) is 0 Å². The van der Waals surface area contributed by atoms with Gasteiger partial charge in [0.25, 0.3) is 0 Å². The first-order valence-electron chi connectivity index (χ1n) is 6.56. The number of aryl methyl sites for hydroxylation is 2. The molecule has 0 fully saturated rings. The highest BCUT2D eigenvalue weighted by atomic mass is 15.1. The van der Waals surface area contributed by atoms with Gasteiger partial charge in [-0.05, 0) is 26.0 Å². The van der Waals surface area contributed by atoms with Gasteiger partial charge in [-0.3, -0.25) is 0 Å². The molecule has 0 saturated carbocycles. The summed E-state index contributed by atoms with van der Waals surface area (Å²) < 4.78 is 0. The van der Waals surface area contributed by atoms with Gasteiger partial charge in [0.2, 0.25) is 0 Å². The van der Waals surface area contributed by atoms with Crippen molar-refractivity contribution in [3.8, 4) is 0 Å². The third-order valence-electron chi connectivity index (χ3n) is 0.931. The van der Waals surface area contributed by atoms with Gasteiger partial charge in [-0.15, -0.1) is 0 Å². The van der Waals surface area contributed by atoms with Crippen LogP contribution >= 0.6 is 0 Å². The molecular formula is C14H32N2. The second-order valence-electron chi connectivity index (χ2n) is 1.82. The zero-order valence-electron chi connectivity index (χ0n) is 13.0. The molecule has 0 saturated heterocycles. The molecule has 1 aromatic rings. The Hall–Kier alpha value is -0.920. The Morgan fingerprint density at radius 1 is 0.562 bits per heavy atom. The van der Waals surface area contributed by atoms with E-state index in [1.165, 1.54) is 0 Å². The molecule has 0 atom stereocenters. The van der Waals surface area contributed by atoms with Crippen molar-refractivity contribution in [2.75, 3.05) is 0 Å². The van der Waals surface area contributed by atoms with Crippen molar-refractivity contribution in [2.24, 2.45) is 0 Å². The largest absolute Gasteiger partial charge is 0.156 e. The maximum Gasteiger partial charge on any atom is 0.0600 e. The van der Waals surface area contributed by atoms with Gasteiger partial charge in [0.05, 0.1) is 11.4 Å². The normalized spacial score (nSPS) is 6.12. The zero-order chi connectivity index (χ0) is 14.0. The molecule has 1 rings (SSSR count). The predicted octanol–water partition coefficient (Wildman–Crippen LogP) is 5.20. The molecular weight excluding hydrogens is 196 g/mol. The van der Waals surface area contributed by atoms with Gasteiger partial charge >= 0.3 is 0 Å². The molecule has 0 aliphatic rings. The SMILES string of the molecule is CC.CC.CC.CC.Cc1ccc(C)nn1. The highest BCUT2D eigenvalue weighted by molar-refractivity contribution is 5.02. The lowest BCUT2D eigenvalue weighted by Gasteiger charge is -1.87. The number of hydrogen-bond acceptors (Lipinski definition) is 2. The molecule has 1 heterocycles. The number of nitrogens with zero attached hydrogens (tertiary/aromatic N) is 2. The number of rotatable bonds is 0. The first-order valence-corrected chi connectivity index (χ1v) is 6.56. The van der Waals surface area contributed by atoms with Crippen LogP contribution in [0.2, 0.25) is 0 Å². The second kappa shape index (κ2) is 29.2. The summed E-state index contributed by atoms with van der Waals surface area (Å²) in [6, 6.07) is 3.89. The molecule has 0 bridgehead atoms. The lowest BCUT2D eigenvalue weighted by atomic mass is 10.4. The van der Waals surface area contributed by atoms with E-state index in [2.05, 4.69) is 10.2 Å². The minimum atomic E-state index is 0.968. The van der Waals surface area contributed by atoms with Crippen molar-refractivity contribution in [3.05, 3.63) is 23.5 Å². The van der Waals surface area contributed by atoms with Crippen LogP contribution in [0.25, 0.3) is 0 Å². The first kappa shape index (κ1) is 24.4. The van der Waals surface area contributed by atoms with Gasteiger partial charge in [0, 0.05) is 0 Å². The van der Waals surface area contributed by atoms with Crippen molar-refractivity contribution in [2.45, 2.75) is 69.2 Å². The van der Waals surface area contributed by atoms with Crippen molar-refractivity contribution < 1.29 is 0 Å². The fourth-order valence-electron chi connectivity index (χ4n) is 0.466. The Kier molecular flexibility index (Phi) is 44.5. The molecule has 0 N–H and O–H groups in total. The van der Waals surface area contributed by atoms with Crippen molar-refractivity contribution >= 4 is 0 Å². The molecule has 0 aliphatic heterocycles. The smallest absolute Gasteiger partial charge is 0.0600 e. The standard InChI is InChI=1S/C6H8N2.4C2H6/c1-5-3-4-6(2)8-7-5;4*1-2/h3-4H,1-2H3;4*1-2H3. The summed E-state index contributed by atoms with van der Waals surface area (Å²) in [5.74, 6) is 0. The quantitative estimate of drug-likeness (QED) is 0.610. The Labute approximate surface area is 104 Å². The predicted molar refractivity (Wildman–Crippen MR) is 76.9 cm³/mol. The molecule has 98 valence electrons. The summed E-state index contributed by atoms with van der Waals surface area (Å²) in [5.41, 5.74) is 1.94. The van der Waals surface area contributed by atoms with Crippen LogP contribution in [0.5, 0.6) is 0 Å². The third-order valence-corrected chi connectivity index (χ3v) is 0.931. The number of hydrogen-bond donors (Lipinski definition) is 0. The molecule has 0 aliphatic carbocycles. The summed E-state index contributed by atoms with van der Waals surface area (Å²) in [7, 11) is 0. The highest BCUT2D eigenvalue weighted by Gasteiger charge is 1.82. The fraction of sp³-hybridized carbons (Fsp3) is 0.714. The highest BCUT2D eigenvalue weighted by Crippen LogP contribution is 1.90. The van der Waals surface area contributed by atoms with E-state index in [0.29, 0.717) is 0 Å². The molecule has 0 radical (unpaired) electrons. The van der Waals surface area contributed by atoms with Crippen LogP contribution in [0.1, 0.15) is 66.8 Å². The molecule has 16 heavy (non-hydrogen) atoms. The average molecular weight is 228 g/mol. The van der Waals surface area contributed by atoms with Crippen LogP contribution in [-0.4, -0.2) is 10.2 Å². The monoisotopic (exact) mass is 228 g/mol. The molecule has 0 amide bonds. The molecule has 0 aromatic carbocycles. The van der Waals surface area contributed by atoms with Gasteiger partial charge in [0.15, 0.2) is 0 Å². The molecule has 2 heteroatoms. The van der Waals surface area contributed by atoms with Gasteiger partial charge < -0.3 is 0 Å². The zero-order valence-corrected chi connectivity index (χ0v) is 13.0. The van der Waals surface area contributed by atoms with E-state index in [1.54, 1.807) is 0 Å². The van der Waals surface area contributed by atoms with E-state index >= 15 is 0 Å². The molecule has 0 unspecified atom stereocenters. The van der Waals surface area contributed by atoms with Crippen LogP contribution < -0.4 is 0 Å². The van der Waals surface area contributed by atoms with E-state index in [0.717, 1.165) is 11.4 Å². The lowest BCUT2D eigenvalue weighted by Crippen LogP contribution is -1.86. The van der Waals surface area contributed by atoms with E-state index in [-0.39, 0.29) is 0 Å². The Morgan fingerprint density at radius 3 is 0.875 bits per heavy atom. The summed E-state index contributed by atoms with van der Waals surface area (Å²) in [6.45, 7) is 19.8. The lowest BCUT2D eigenvalue weighted by molar-refractivity contribution is 0.941. The molecule has 2 nitrogen and oxygen atoms in total. The number of aromatic nitrogens is 2. The van der Waals surface area contributed by atoms with Crippen LogP contribution in [0.15, 0.2) is 12.1 Å². The Balaban J connectivity index is -0.0000000771. The summed E-state index contributed by atoms with van der Waals surface area (Å²) >= 11 is 0. The van der Waals surface area contributed by atoms with Crippen LogP contribution in [0.4, 0.5) is 0 Å². The molecule has 1 aromatic heterocycles. The minimum Gasteiger partial charge on any atom is -0.156 e. The van der Waals surface area contributed by atoms with Crippen LogP contribution in [0.3, 0.4) is 0 Å². The van der Waals surface area contributed by atoms with Gasteiger partial charge in [-0.2, -0.15) is 10.2 Å². The molecule has 0 spiro atoms. The summed E-state index contributed by atoms with van der Waals surface area (Å²) in [4.78, 5) is 0. The van der Waals surface area contributed by atoms with Gasteiger partial charge in [0.1, 0.15) is 0 Å². The summed E-state index contributed by atoms with van der Waals surface area (Å²) in [6.07, 6.45) is 0. The van der Waals surface area contributed by atoms with E-state index in [9.17, 15) is 0 Å². The summed E-state index contributed by atoms with van der Waals surface area (Å²) in [5, 5.41) is 7.66. The van der Waals surface area contributed by atoms with E-state index in [4.69, 9.17) is 0 Å². The van der Waals surface area contributed by atoms with Crippen molar-refractivity contribution in [3.63, 3.8) is 0 Å². The van der Waals surface area contributed by atoms with E-state index in [1.807, 2.05) is 81.4 Å². The first-order chi connectivity index (χ1) is 7.79. The van der Waals surface area contributed by atoms with Crippen LogP contribution in [-0.2, 0) is 0 Å². The van der Waals surface area contributed by atoms with Crippen molar-refractivity contribution in [1.82, 2.24) is 10.2 Å². The average Bonchev–Trinajstić information content (AvgIpc) is 2.42. The fourth-order valence-corrected chi connectivity index (χ4v) is 0.466. The minimum absolute atomic E-state index is 0.968. The van der Waals surface area contributed by atoms with E-state index < -0.39 is 0 Å². The van der Waals surface area contributed by atoms with Gasteiger partial charge in [-0.1, -0.05) is 55.4 Å². The Bertz CT molecular complexity index is 148.